The molecule has 0 saturated carbocycles. The highest BCUT2D eigenvalue weighted by molar-refractivity contribution is 5.87. The third-order valence-corrected chi connectivity index (χ3v) is 3.87. The van der Waals surface area contributed by atoms with Gasteiger partial charge >= 0.3 is 6.09 Å². The molecule has 1 aliphatic heterocycles. The van der Waals surface area contributed by atoms with E-state index < -0.39 is 6.09 Å². The summed E-state index contributed by atoms with van der Waals surface area (Å²) in [5.74, 6) is -0.0207. The van der Waals surface area contributed by atoms with Crippen LogP contribution in [0.5, 0.6) is 5.75 Å². The Hall–Kier alpha value is -1.79. The van der Waals surface area contributed by atoms with Crippen molar-refractivity contribution >= 4 is 11.8 Å². The zero-order valence-electron chi connectivity index (χ0n) is 13.3. The van der Waals surface area contributed by atoms with Crippen molar-refractivity contribution in [3.63, 3.8) is 0 Å². The molecule has 0 aromatic heterocycles. The van der Waals surface area contributed by atoms with Crippen molar-refractivity contribution in [3.8, 4) is 5.75 Å². The summed E-state index contributed by atoms with van der Waals surface area (Å²) in [6.45, 7) is 1.76. The van der Waals surface area contributed by atoms with E-state index in [1.807, 2.05) is 0 Å². The molecule has 0 aliphatic carbocycles. The van der Waals surface area contributed by atoms with Crippen molar-refractivity contribution in [2.75, 3.05) is 24.7 Å². The minimum Gasteiger partial charge on any atom is -0.506 e. The molecule has 1 atom stereocenters. The summed E-state index contributed by atoms with van der Waals surface area (Å²) < 4.78 is 11.1. The molecule has 1 unspecified atom stereocenters. The van der Waals surface area contributed by atoms with Crippen LogP contribution in [0.1, 0.15) is 38.5 Å². The molecule has 128 valence electrons. The second kappa shape index (κ2) is 9.37. The number of benzene rings is 1. The van der Waals surface area contributed by atoms with E-state index in [4.69, 9.17) is 9.47 Å². The molecule has 2 N–H and O–H groups in total. The van der Waals surface area contributed by atoms with Crippen LogP contribution < -0.4 is 4.90 Å². The molecular weight excluding hydrogens is 298 g/mol. The van der Waals surface area contributed by atoms with Gasteiger partial charge < -0.3 is 19.7 Å². The highest BCUT2D eigenvalue weighted by Crippen LogP contribution is 2.26. The molecule has 6 nitrogen and oxygen atoms in total. The first kappa shape index (κ1) is 17.6. The van der Waals surface area contributed by atoms with E-state index in [0.717, 1.165) is 45.1 Å². The number of para-hydroxylation sites is 2. The number of nitrogens with zero attached hydrogens (tertiary/aromatic N) is 1. The van der Waals surface area contributed by atoms with Gasteiger partial charge in [-0.3, -0.25) is 4.90 Å². The standard InChI is InChI=1S/C17H25NO5/c19-15-9-3-2-8-14(15)18(17(20)21)11-5-1-6-12-22-16-10-4-7-13-23-16/h2-3,8-9,16,19H,1,4-7,10-13H2,(H,20,21). The summed E-state index contributed by atoms with van der Waals surface area (Å²) in [4.78, 5) is 12.5. The Morgan fingerprint density at radius 2 is 2.09 bits per heavy atom. The van der Waals surface area contributed by atoms with E-state index in [2.05, 4.69) is 0 Å². The highest BCUT2D eigenvalue weighted by Gasteiger charge is 2.17. The molecular formula is C17H25NO5. The third-order valence-electron chi connectivity index (χ3n) is 3.87. The lowest BCUT2D eigenvalue weighted by molar-refractivity contribution is -0.162. The van der Waals surface area contributed by atoms with E-state index in [1.54, 1.807) is 18.2 Å². The van der Waals surface area contributed by atoms with Crippen LogP contribution in [-0.2, 0) is 9.47 Å². The number of carbonyl (C=O) groups is 1. The zero-order chi connectivity index (χ0) is 16.5. The topological polar surface area (TPSA) is 79.2 Å². The summed E-state index contributed by atoms with van der Waals surface area (Å²) in [5, 5.41) is 19.1. The smallest absolute Gasteiger partial charge is 0.411 e. The predicted molar refractivity (Wildman–Crippen MR) is 86.9 cm³/mol. The van der Waals surface area contributed by atoms with Crippen molar-refractivity contribution in [2.24, 2.45) is 0 Å². The van der Waals surface area contributed by atoms with Crippen LogP contribution in [0.25, 0.3) is 0 Å². The summed E-state index contributed by atoms with van der Waals surface area (Å²) in [7, 11) is 0. The zero-order valence-corrected chi connectivity index (χ0v) is 13.3. The van der Waals surface area contributed by atoms with Gasteiger partial charge in [-0.1, -0.05) is 12.1 Å². The molecule has 23 heavy (non-hydrogen) atoms. The fourth-order valence-corrected chi connectivity index (χ4v) is 2.62. The van der Waals surface area contributed by atoms with Crippen molar-refractivity contribution in [1.82, 2.24) is 0 Å². The number of hydrogen-bond donors (Lipinski definition) is 2. The van der Waals surface area contributed by atoms with Crippen molar-refractivity contribution in [3.05, 3.63) is 24.3 Å². The molecule has 1 aromatic rings. The van der Waals surface area contributed by atoms with Gasteiger partial charge in [0.2, 0.25) is 0 Å². The summed E-state index contributed by atoms with van der Waals surface area (Å²) in [5.41, 5.74) is 0.326. The lowest BCUT2D eigenvalue weighted by Crippen LogP contribution is -2.30. The molecule has 1 amide bonds. The molecule has 1 aliphatic rings. The minimum absolute atomic E-state index is 0.0207. The molecule has 1 saturated heterocycles. The number of amides is 1. The normalized spacial score (nSPS) is 17.8. The summed E-state index contributed by atoms with van der Waals surface area (Å²) in [6, 6.07) is 6.48. The van der Waals surface area contributed by atoms with Crippen molar-refractivity contribution in [2.45, 2.75) is 44.8 Å². The number of phenolic OH excluding ortho intramolecular Hbond substituents is 1. The van der Waals surface area contributed by atoms with Crippen LogP contribution in [0, 0.1) is 0 Å². The number of hydrogen-bond acceptors (Lipinski definition) is 4. The largest absolute Gasteiger partial charge is 0.506 e. The number of unbranched alkanes of at least 4 members (excludes halogenated alkanes) is 2. The summed E-state index contributed by atoms with van der Waals surface area (Å²) in [6.07, 6.45) is 4.54. The second-order valence-corrected chi connectivity index (χ2v) is 5.65. The van der Waals surface area contributed by atoms with Crippen LogP contribution in [0.3, 0.4) is 0 Å². The minimum atomic E-state index is -1.06. The summed E-state index contributed by atoms with van der Waals surface area (Å²) >= 11 is 0. The van der Waals surface area contributed by atoms with Crippen LogP contribution in [-0.4, -0.2) is 42.4 Å². The Labute approximate surface area is 136 Å². The molecule has 2 rings (SSSR count). The number of phenols is 1. The molecule has 0 radical (unpaired) electrons. The van der Waals surface area contributed by atoms with Crippen LogP contribution in [0.15, 0.2) is 24.3 Å². The number of rotatable bonds is 8. The van der Waals surface area contributed by atoms with Crippen molar-refractivity contribution < 1.29 is 24.5 Å². The Bertz CT molecular complexity index is 488. The number of anilines is 1. The third kappa shape index (κ3) is 5.73. The maximum Gasteiger partial charge on any atom is 0.411 e. The van der Waals surface area contributed by atoms with Gasteiger partial charge in [0.05, 0.1) is 5.69 Å². The quantitative estimate of drug-likeness (QED) is 0.715. The maximum absolute atomic E-state index is 11.4. The SMILES string of the molecule is O=C(O)N(CCCCCOC1CCCCO1)c1ccccc1O. The highest BCUT2D eigenvalue weighted by atomic mass is 16.7. The van der Waals surface area contributed by atoms with Gasteiger partial charge in [0.1, 0.15) is 5.75 Å². The second-order valence-electron chi connectivity index (χ2n) is 5.65. The van der Waals surface area contributed by atoms with E-state index in [9.17, 15) is 15.0 Å². The molecule has 0 bridgehead atoms. The number of ether oxygens (including phenoxy) is 2. The van der Waals surface area contributed by atoms with Gasteiger partial charge in [-0.15, -0.1) is 0 Å². The van der Waals surface area contributed by atoms with E-state index in [-0.39, 0.29) is 12.0 Å². The molecule has 1 heterocycles. The predicted octanol–water partition coefficient (Wildman–Crippen LogP) is 3.59. The van der Waals surface area contributed by atoms with Crippen LogP contribution in [0.4, 0.5) is 10.5 Å². The number of aromatic hydroxyl groups is 1. The lowest BCUT2D eigenvalue weighted by atomic mass is 10.2. The molecule has 0 spiro atoms. The van der Waals surface area contributed by atoms with Gasteiger partial charge in [0.25, 0.3) is 0 Å². The Morgan fingerprint density at radius 3 is 2.78 bits per heavy atom. The Balaban J connectivity index is 1.67. The molecule has 1 aromatic carbocycles. The van der Waals surface area contributed by atoms with Gasteiger partial charge in [-0.2, -0.15) is 0 Å². The Morgan fingerprint density at radius 1 is 1.26 bits per heavy atom. The van der Waals surface area contributed by atoms with Crippen LogP contribution >= 0.6 is 0 Å². The lowest BCUT2D eigenvalue weighted by Gasteiger charge is -2.23. The first-order valence-electron chi connectivity index (χ1n) is 8.20. The first-order valence-corrected chi connectivity index (χ1v) is 8.20. The van der Waals surface area contributed by atoms with Gasteiger partial charge in [-0.05, 0) is 50.7 Å². The number of carboxylic acid groups (broad SMARTS) is 1. The first-order chi connectivity index (χ1) is 11.2. The molecule has 6 heteroatoms. The fourth-order valence-electron chi connectivity index (χ4n) is 2.62. The van der Waals surface area contributed by atoms with E-state index in [0.29, 0.717) is 18.8 Å². The van der Waals surface area contributed by atoms with Crippen molar-refractivity contribution in [1.29, 1.82) is 0 Å². The fraction of sp³-hybridized carbons (Fsp3) is 0.588. The van der Waals surface area contributed by atoms with Gasteiger partial charge in [0.15, 0.2) is 6.29 Å². The Kier molecular flexibility index (Phi) is 7.16. The average Bonchev–Trinajstić information content (AvgIpc) is 2.56. The average molecular weight is 323 g/mol. The van der Waals surface area contributed by atoms with Crippen LogP contribution in [0.2, 0.25) is 0 Å². The molecule has 1 fully saturated rings. The monoisotopic (exact) mass is 323 g/mol. The van der Waals surface area contributed by atoms with E-state index in [1.165, 1.54) is 11.0 Å². The van der Waals surface area contributed by atoms with Gasteiger partial charge in [-0.25, -0.2) is 4.79 Å². The van der Waals surface area contributed by atoms with E-state index >= 15 is 0 Å². The maximum atomic E-state index is 11.4. The van der Waals surface area contributed by atoms with Gasteiger partial charge in [0, 0.05) is 19.8 Å².